The molecular formula is C27H38S. The minimum Gasteiger partial charge on any atom is -0.159 e. The van der Waals surface area contributed by atoms with Gasteiger partial charge in [-0.05, 0) is 52.7 Å². The van der Waals surface area contributed by atoms with Crippen molar-refractivity contribution in [2.75, 3.05) is 6.26 Å². The first kappa shape index (κ1) is 22.8. The zero-order chi connectivity index (χ0) is 20.8. The molecule has 0 radical (unpaired) electrons. The molecule has 0 aliphatic carbocycles. The lowest BCUT2D eigenvalue weighted by Crippen LogP contribution is -2.29. The van der Waals surface area contributed by atoms with E-state index < -0.39 is 0 Å². The van der Waals surface area contributed by atoms with E-state index in [1.54, 1.807) is 0 Å². The molecule has 0 heterocycles. The van der Waals surface area contributed by atoms with Gasteiger partial charge in [0.2, 0.25) is 0 Å². The van der Waals surface area contributed by atoms with Crippen LogP contribution in [0.1, 0.15) is 83.4 Å². The standard InChI is InChI=1S/C27H38S/c1-8-13-24(21-14-11-10-12-15-21)22-16-18-23(19-17-22)25(27(5,6)28-7)20-26(3,4)9-2/h10-19,25H,8-9,20H2,1-7H3/b24-13+. The first-order valence-electron chi connectivity index (χ1n) is 10.6. The first-order chi connectivity index (χ1) is 13.2. The molecule has 0 aliphatic heterocycles. The van der Waals surface area contributed by atoms with Gasteiger partial charge in [0, 0.05) is 4.75 Å². The fraction of sp³-hybridized carbons (Fsp3) is 0.481. The SMILES string of the molecule is CC/C=C(\c1ccccc1)c1ccc(C(CC(C)(C)CC)C(C)(C)SC)cc1. The van der Waals surface area contributed by atoms with Gasteiger partial charge in [-0.25, -0.2) is 0 Å². The highest BCUT2D eigenvalue weighted by atomic mass is 32.2. The third kappa shape index (κ3) is 5.77. The number of thioether (sulfide) groups is 1. The fourth-order valence-corrected chi connectivity index (χ4v) is 4.23. The summed E-state index contributed by atoms with van der Waals surface area (Å²) in [5.41, 5.74) is 5.77. The van der Waals surface area contributed by atoms with Gasteiger partial charge in [-0.1, -0.05) is 109 Å². The highest BCUT2D eigenvalue weighted by Gasteiger charge is 2.34. The zero-order valence-corrected chi connectivity index (χ0v) is 19.7. The maximum absolute atomic E-state index is 2.41. The van der Waals surface area contributed by atoms with Gasteiger partial charge in [0.1, 0.15) is 0 Å². The first-order valence-corrected chi connectivity index (χ1v) is 11.9. The minimum atomic E-state index is 0.218. The van der Waals surface area contributed by atoms with Crippen LogP contribution >= 0.6 is 11.8 Å². The molecule has 0 fully saturated rings. The van der Waals surface area contributed by atoms with E-state index in [0.29, 0.717) is 11.3 Å². The molecule has 0 amide bonds. The van der Waals surface area contributed by atoms with Crippen LogP contribution in [-0.2, 0) is 0 Å². The third-order valence-electron chi connectivity index (χ3n) is 6.20. The largest absolute Gasteiger partial charge is 0.159 e. The second-order valence-electron chi connectivity index (χ2n) is 9.10. The molecule has 0 saturated heterocycles. The molecule has 0 spiro atoms. The van der Waals surface area contributed by atoms with Crippen molar-refractivity contribution in [3.05, 3.63) is 77.4 Å². The number of rotatable bonds is 9. The predicted molar refractivity (Wildman–Crippen MR) is 129 cm³/mol. The second kappa shape index (κ2) is 9.83. The molecule has 1 heteroatoms. The van der Waals surface area contributed by atoms with Crippen molar-refractivity contribution in [2.24, 2.45) is 5.41 Å². The summed E-state index contributed by atoms with van der Waals surface area (Å²) in [5, 5.41) is 0. The van der Waals surface area contributed by atoms with E-state index in [1.165, 1.54) is 35.1 Å². The Bertz CT molecular complexity index is 751. The van der Waals surface area contributed by atoms with Crippen molar-refractivity contribution in [2.45, 2.75) is 71.5 Å². The lowest BCUT2D eigenvalue weighted by molar-refractivity contribution is 0.274. The minimum absolute atomic E-state index is 0.218. The van der Waals surface area contributed by atoms with Crippen LogP contribution < -0.4 is 0 Å². The molecule has 1 atom stereocenters. The van der Waals surface area contributed by atoms with Crippen molar-refractivity contribution in [3.63, 3.8) is 0 Å². The number of allylic oxidation sites excluding steroid dienone is 1. The van der Waals surface area contributed by atoms with Gasteiger partial charge in [0.05, 0.1) is 0 Å². The Morgan fingerprint density at radius 1 is 0.893 bits per heavy atom. The predicted octanol–water partition coefficient (Wildman–Crippen LogP) is 8.58. The Morgan fingerprint density at radius 3 is 1.96 bits per heavy atom. The summed E-state index contributed by atoms with van der Waals surface area (Å²) in [6.07, 6.45) is 8.06. The summed E-state index contributed by atoms with van der Waals surface area (Å²) in [6, 6.07) is 20.1. The average molecular weight is 395 g/mol. The normalized spacial score (nSPS) is 14.2. The highest BCUT2D eigenvalue weighted by molar-refractivity contribution is 8.00. The van der Waals surface area contributed by atoms with Crippen LogP contribution in [0.4, 0.5) is 0 Å². The van der Waals surface area contributed by atoms with E-state index in [-0.39, 0.29) is 4.75 Å². The van der Waals surface area contributed by atoms with Crippen LogP contribution in [0.2, 0.25) is 0 Å². The smallest absolute Gasteiger partial charge is 0.0169 e. The highest BCUT2D eigenvalue weighted by Crippen LogP contribution is 2.45. The Kier molecular flexibility index (Phi) is 8.01. The number of hydrogen-bond acceptors (Lipinski definition) is 1. The average Bonchev–Trinajstić information content (AvgIpc) is 2.71. The van der Waals surface area contributed by atoms with Crippen LogP contribution in [0.3, 0.4) is 0 Å². The van der Waals surface area contributed by atoms with E-state index in [1.807, 2.05) is 11.8 Å². The van der Waals surface area contributed by atoms with Crippen molar-refractivity contribution >= 4 is 17.3 Å². The Labute approximate surface area is 177 Å². The lowest BCUT2D eigenvalue weighted by Gasteiger charge is -2.38. The van der Waals surface area contributed by atoms with Crippen molar-refractivity contribution in [3.8, 4) is 0 Å². The molecule has 28 heavy (non-hydrogen) atoms. The number of hydrogen-bond donors (Lipinski definition) is 0. The summed E-state index contributed by atoms with van der Waals surface area (Å²) in [4.78, 5) is 0. The van der Waals surface area contributed by atoms with Crippen molar-refractivity contribution in [1.82, 2.24) is 0 Å². The quantitative estimate of drug-likeness (QED) is 0.410. The van der Waals surface area contributed by atoms with Crippen LogP contribution in [0.25, 0.3) is 5.57 Å². The molecule has 1 unspecified atom stereocenters. The van der Waals surface area contributed by atoms with E-state index >= 15 is 0 Å². The van der Waals surface area contributed by atoms with Crippen molar-refractivity contribution < 1.29 is 0 Å². The summed E-state index contributed by atoms with van der Waals surface area (Å²) < 4.78 is 0.218. The summed E-state index contributed by atoms with van der Waals surface area (Å²) >= 11 is 1.99. The molecule has 0 aromatic heterocycles. The molecular weight excluding hydrogens is 356 g/mol. The van der Waals surface area contributed by atoms with E-state index in [4.69, 9.17) is 0 Å². The monoisotopic (exact) mass is 394 g/mol. The van der Waals surface area contributed by atoms with Gasteiger partial charge in [-0.2, -0.15) is 11.8 Å². The molecule has 2 aromatic rings. The molecule has 152 valence electrons. The molecule has 0 bridgehead atoms. The topological polar surface area (TPSA) is 0 Å². The lowest BCUT2D eigenvalue weighted by atomic mass is 9.73. The second-order valence-corrected chi connectivity index (χ2v) is 10.6. The van der Waals surface area contributed by atoms with Gasteiger partial charge in [-0.15, -0.1) is 0 Å². The van der Waals surface area contributed by atoms with Crippen LogP contribution in [0.5, 0.6) is 0 Å². The Morgan fingerprint density at radius 2 is 1.46 bits per heavy atom. The van der Waals surface area contributed by atoms with Crippen LogP contribution in [0, 0.1) is 5.41 Å². The third-order valence-corrected chi connectivity index (χ3v) is 7.53. The Hall–Kier alpha value is -1.47. The molecule has 2 rings (SSSR count). The maximum atomic E-state index is 2.41. The molecule has 0 nitrogen and oxygen atoms in total. The van der Waals surface area contributed by atoms with E-state index in [2.05, 4.69) is 108 Å². The molecule has 2 aromatic carbocycles. The molecule has 0 aliphatic rings. The van der Waals surface area contributed by atoms with Gasteiger partial charge in [0.25, 0.3) is 0 Å². The summed E-state index contributed by atoms with van der Waals surface area (Å²) in [5.74, 6) is 0.543. The van der Waals surface area contributed by atoms with E-state index in [9.17, 15) is 0 Å². The maximum Gasteiger partial charge on any atom is 0.0169 e. The number of benzene rings is 2. The van der Waals surface area contributed by atoms with Crippen LogP contribution in [-0.4, -0.2) is 11.0 Å². The fourth-order valence-electron chi connectivity index (χ4n) is 3.72. The Balaban J connectivity index is 2.40. The van der Waals surface area contributed by atoms with Gasteiger partial charge >= 0.3 is 0 Å². The van der Waals surface area contributed by atoms with E-state index in [0.717, 1.165) is 6.42 Å². The van der Waals surface area contributed by atoms with Crippen LogP contribution in [0.15, 0.2) is 60.7 Å². The summed E-state index contributed by atoms with van der Waals surface area (Å²) in [6.45, 7) is 14.1. The van der Waals surface area contributed by atoms with Gasteiger partial charge in [0.15, 0.2) is 0 Å². The molecule has 0 N–H and O–H groups in total. The zero-order valence-electron chi connectivity index (χ0n) is 18.9. The summed E-state index contributed by atoms with van der Waals surface area (Å²) in [7, 11) is 0. The van der Waals surface area contributed by atoms with Gasteiger partial charge in [-0.3, -0.25) is 0 Å². The van der Waals surface area contributed by atoms with Gasteiger partial charge < -0.3 is 0 Å². The molecule has 0 saturated carbocycles. The van der Waals surface area contributed by atoms with Crippen molar-refractivity contribution in [1.29, 1.82) is 0 Å².